The van der Waals surface area contributed by atoms with Gasteiger partial charge in [-0.2, -0.15) is 0 Å². The van der Waals surface area contributed by atoms with E-state index in [1.807, 2.05) is 18.2 Å². The minimum absolute atomic E-state index is 0.293. The molecule has 47 heavy (non-hydrogen) atoms. The average Bonchev–Trinajstić information content (AvgIpc) is 3.35. The first-order valence-electron chi connectivity index (χ1n) is 16.7. The molecule has 0 fully saturated rings. The van der Waals surface area contributed by atoms with E-state index in [1.54, 1.807) is 15.9 Å². The SMILES string of the molecule is CC1C=C(c2cccc(-c3cccc(-c4nc(-c5ccccc5)nc(C5(C)C=CC=CC5)n4)c3)c2)C=C2C1c1ccccc1[Si]2(C)C. The zero-order valence-electron chi connectivity index (χ0n) is 27.5. The topological polar surface area (TPSA) is 38.7 Å². The molecule has 0 spiro atoms. The van der Waals surface area contributed by atoms with Gasteiger partial charge in [-0.25, -0.2) is 15.0 Å². The van der Waals surface area contributed by atoms with E-state index in [4.69, 9.17) is 15.0 Å². The van der Waals surface area contributed by atoms with Crippen LogP contribution in [0.2, 0.25) is 13.1 Å². The summed E-state index contributed by atoms with van der Waals surface area (Å²) in [6.07, 6.45) is 14.4. The molecule has 0 saturated heterocycles. The molecule has 0 radical (unpaired) electrons. The number of nitrogens with zero attached hydrogens (tertiary/aromatic N) is 3. The van der Waals surface area contributed by atoms with Gasteiger partial charge >= 0.3 is 0 Å². The highest BCUT2D eigenvalue weighted by Gasteiger charge is 2.45. The maximum atomic E-state index is 5.10. The third kappa shape index (κ3) is 5.17. The van der Waals surface area contributed by atoms with Crippen molar-refractivity contribution in [3.05, 3.63) is 162 Å². The van der Waals surface area contributed by atoms with Crippen LogP contribution in [0, 0.1) is 5.92 Å². The highest BCUT2D eigenvalue weighted by atomic mass is 28.3. The van der Waals surface area contributed by atoms with Crippen molar-refractivity contribution in [1.29, 1.82) is 0 Å². The molecule has 0 saturated carbocycles. The van der Waals surface area contributed by atoms with Gasteiger partial charge in [0, 0.05) is 22.5 Å². The number of benzene rings is 4. The van der Waals surface area contributed by atoms with Crippen molar-refractivity contribution in [3.8, 4) is 33.9 Å². The lowest BCUT2D eigenvalue weighted by Crippen LogP contribution is -2.40. The Morgan fingerprint density at radius 3 is 2.06 bits per heavy atom. The number of aromatic nitrogens is 3. The number of hydrogen-bond donors (Lipinski definition) is 0. The van der Waals surface area contributed by atoms with Gasteiger partial charge in [-0.1, -0.05) is 158 Å². The maximum absolute atomic E-state index is 5.10. The van der Waals surface area contributed by atoms with Crippen LogP contribution in [0.4, 0.5) is 0 Å². The molecule has 0 bridgehead atoms. The second-order valence-electron chi connectivity index (χ2n) is 14.0. The summed E-state index contributed by atoms with van der Waals surface area (Å²) in [7, 11) is -1.72. The van der Waals surface area contributed by atoms with Crippen molar-refractivity contribution in [2.24, 2.45) is 5.92 Å². The molecular weight excluding hydrogens is 587 g/mol. The predicted molar refractivity (Wildman–Crippen MR) is 198 cm³/mol. The molecular formula is C43H39N3Si. The van der Waals surface area contributed by atoms with E-state index >= 15 is 0 Å². The lowest BCUT2D eigenvalue weighted by molar-refractivity contribution is 0.554. The van der Waals surface area contributed by atoms with Gasteiger partial charge in [-0.3, -0.25) is 0 Å². The first-order chi connectivity index (χ1) is 22.8. The van der Waals surface area contributed by atoms with Crippen LogP contribution < -0.4 is 5.19 Å². The molecule has 8 rings (SSSR count). The summed E-state index contributed by atoms with van der Waals surface area (Å²) in [6.45, 7) is 9.64. The second kappa shape index (κ2) is 11.4. The zero-order chi connectivity index (χ0) is 32.2. The average molecular weight is 626 g/mol. The van der Waals surface area contributed by atoms with Crippen LogP contribution >= 0.6 is 0 Å². The van der Waals surface area contributed by atoms with Crippen molar-refractivity contribution in [3.63, 3.8) is 0 Å². The number of fused-ring (bicyclic) bond motifs is 3. The Kier molecular flexibility index (Phi) is 7.14. The fourth-order valence-electron chi connectivity index (χ4n) is 7.75. The van der Waals surface area contributed by atoms with Gasteiger partial charge in [0.2, 0.25) is 0 Å². The summed E-state index contributed by atoms with van der Waals surface area (Å²) in [4.78, 5) is 15.1. The number of hydrogen-bond acceptors (Lipinski definition) is 3. The van der Waals surface area contributed by atoms with Crippen molar-refractivity contribution in [2.75, 3.05) is 0 Å². The van der Waals surface area contributed by atoms with Crippen LogP contribution in [-0.4, -0.2) is 23.0 Å². The molecule has 2 heterocycles. The minimum atomic E-state index is -1.72. The van der Waals surface area contributed by atoms with Gasteiger partial charge in [0.15, 0.2) is 11.6 Å². The third-order valence-electron chi connectivity index (χ3n) is 10.4. The normalized spacial score (nSPS) is 22.3. The monoisotopic (exact) mass is 625 g/mol. The van der Waals surface area contributed by atoms with E-state index in [0.29, 0.717) is 23.5 Å². The largest absolute Gasteiger partial charge is 0.212 e. The van der Waals surface area contributed by atoms with Gasteiger partial charge in [0.25, 0.3) is 0 Å². The molecule has 230 valence electrons. The summed E-state index contributed by atoms with van der Waals surface area (Å²) in [5, 5.41) is 3.26. The van der Waals surface area contributed by atoms with E-state index in [2.05, 4.69) is 148 Å². The van der Waals surface area contributed by atoms with Crippen molar-refractivity contribution >= 4 is 18.8 Å². The van der Waals surface area contributed by atoms with Crippen LogP contribution in [0.15, 0.2) is 145 Å². The Balaban J connectivity index is 1.17. The molecule has 0 amide bonds. The molecule has 1 aliphatic heterocycles. The second-order valence-corrected chi connectivity index (χ2v) is 18.4. The van der Waals surface area contributed by atoms with Crippen LogP contribution in [0.5, 0.6) is 0 Å². The van der Waals surface area contributed by atoms with Crippen molar-refractivity contribution in [2.45, 2.75) is 44.7 Å². The highest BCUT2D eigenvalue weighted by Crippen LogP contribution is 2.48. The van der Waals surface area contributed by atoms with E-state index in [9.17, 15) is 0 Å². The van der Waals surface area contributed by atoms with Gasteiger partial charge in [0.05, 0.1) is 0 Å². The Hall–Kier alpha value is -4.93. The predicted octanol–water partition coefficient (Wildman–Crippen LogP) is 9.86. The molecule has 3 atom stereocenters. The van der Waals surface area contributed by atoms with Crippen molar-refractivity contribution < 1.29 is 0 Å². The smallest absolute Gasteiger partial charge is 0.163 e. The molecule has 0 N–H and O–H groups in total. The van der Waals surface area contributed by atoms with Gasteiger partial charge in [0.1, 0.15) is 13.9 Å². The van der Waals surface area contributed by atoms with E-state index in [1.165, 1.54) is 16.7 Å². The standard InChI is InChI=1S/C43H39N3Si/c1-29-25-35(28-38-39(29)36-21-9-10-22-37(36)47(38,3)4)33-19-13-17-31(26-33)32-18-14-20-34(27-32)41-44-40(30-15-7-5-8-16-30)45-42(46-41)43(2)23-11-6-12-24-43/h5-23,25-29,39H,24H2,1-4H3. The highest BCUT2D eigenvalue weighted by molar-refractivity contribution is 6.97. The number of rotatable bonds is 5. The Bertz CT molecular complexity index is 2140. The van der Waals surface area contributed by atoms with Gasteiger partial charge in [-0.15, -0.1) is 0 Å². The maximum Gasteiger partial charge on any atom is 0.163 e. The van der Waals surface area contributed by atoms with E-state index in [0.717, 1.165) is 28.9 Å². The zero-order valence-corrected chi connectivity index (χ0v) is 28.5. The quantitative estimate of drug-likeness (QED) is 0.183. The molecule has 1 aromatic heterocycles. The Morgan fingerprint density at radius 2 is 1.32 bits per heavy atom. The first kappa shape index (κ1) is 29.5. The first-order valence-corrected chi connectivity index (χ1v) is 19.7. The lowest BCUT2D eigenvalue weighted by Gasteiger charge is -2.30. The molecule has 4 heteroatoms. The lowest BCUT2D eigenvalue weighted by atomic mass is 9.81. The Morgan fingerprint density at radius 1 is 0.681 bits per heavy atom. The van der Waals surface area contributed by atoms with Crippen LogP contribution in [0.3, 0.4) is 0 Å². The van der Waals surface area contributed by atoms with E-state index < -0.39 is 8.07 Å². The molecule has 3 unspecified atom stereocenters. The van der Waals surface area contributed by atoms with E-state index in [-0.39, 0.29) is 5.41 Å². The van der Waals surface area contributed by atoms with Crippen LogP contribution in [-0.2, 0) is 5.41 Å². The molecule has 5 aromatic rings. The summed E-state index contributed by atoms with van der Waals surface area (Å²) in [5.41, 5.74) is 8.18. The summed E-state index contributed by atoms with van der Waals surface area (Å²) >= 11 is 0. The number of allylic oxidation sites excluding steroid dienone is 8. The minimum Gasteiger partial charge on any atom is -0.212 e. The molecule has 2 aliphatic carbocycles. The van der Waals surface area contributed by atoms with Gasteiger partial charge < -0.3 is 0 Å². The summed E-state index contributed by atoms with van der Waals surface area (Å²) in [5.74, 6) is 3.15. The van der Waals surface area contributed by atoms with Gasteiger partial charge in [-0.05, 0) is 59.2 Å². The van der Waals surface area contributed by atoms with Crippen LogP contribution in [0.25, 0.3) is 39.5 Å². The molecule has 4 aromatic carbocycles. The Labute approximate surface area is 279 Å². The summed E-state index contributed by atoms with van der Waals surface area (Å²) < 4.78 is 0. The third-order valence-corrected chi connectivity index (χ3v) is 14.1. The fraction of sp³-hybridized carbons (Fsp3) is 0.186. The molecule has 3 aliphatic rings. The van der Waals surface area contributed by atoms with Crippen LogP contribution in [0.1, 0.15) is 43.1 Å². The fourth-order valence-corrected chi connectivity index (χ4v) is 11.2. The summed E-state index contributed by atoms with van der Waals surface area (Å²) in [6, 6.07) is 37.0. The molecule has 3 nitrogen and oxygen atoms in total. The van der Waals surface area contributed by atoms with Crippen molar-refractivity contribution in [1.82, 2.24) is 15.0 Å².